The van der Waals surface area contributed by atoms with Crippen LogP contribution in [0, 0.1) is 15.9 Å². The number of methoxy groups -OCH3 is 1. The first-order valence-electron chi connectivity index (χ1n) is 5.95. The number of nitro groups is 1. The first kappa shape index (κ1) is 14.7. The second-order valence-corrected chi connectivity index (χ2v) is 4.07. The Hall–Kier alpha value is -2.67. The van der Waals surface area contributed by atoms with Crippen LogP contribution in [0.1, 0.15) is 5.56 Å². The average molecular weight is 293 g/mol. The van der Waals surface area contributed by atoms with Crippen LogP contribution in [0.3, 0.4) is 0 Å². The summed E-state index contributed by atoms with van der Waals surface area (Å²) in [6, 6.07) is 8.01. The molecule has 0 aliphatic carbocycles. The molecule has 6 nitrogen and oxygen atoms in total. The van der Waals surface area contributed by atoms with Gasteiger partial charge >= 0.3 is 5.69 Å². The van der Waals surface area contributed by atoms with E-state index in [2.05, 4.69) is 0 Å². The summed E-state index contributed by atoms with van der Waals surface area (Å²) in [6.45, 7) is -0.577. The van der Waals surface area contributed by atoms with E-state index in [1.807, 2.05) is 0 Å². The monoisotopic (exact) mass is 293 g/mol. The number of nitro benzene ring substituents is 1. The highest BCUT2D eigenvalue weighted by atomic mass is 19.1. The number of aliphatic hydroxyl groups excluding tert-OH is 1. The molecular formula is C14H12FNO5. The number of rotatable bonds is 5. The van der Waals surface area contributed by atoms with Gasteiger partial charge in [-0.05, 0) is 24.3 Å². The van der Waals surface area contributed by atoms with Crippen LogP contribution in [-0.2, 0) is 6.61 Å². The summed E-state index contributed by atoms with van der Waals surface area (Å²) in [5.41, 5.74) is -0.384. The van der Waals surface area contributed by atoms with Crippen LogP contribution in [0.4, 0.5) is 10.1 Å². The number of nitrogens with zero attached hydrogens (tertiary/aromatic N) is 1. The highest BCUT2D eigenvalue weighted by Crippen LogP contribution is 2.36. The maximum atomic E-state index is 13.5. The Morgan fingerprint density at radius 3 is 2.67 bits per heavy atom. The number of halogens is 1. The van der Waals surface area contributed by atoms with Gasteiger partial charge in [0.05, 0.1) is 30.3 Å². The quantitative estimate of drug-likeness (QED) is 0.677. The van der Waals surface area contributed by atoms with E-state index in [9.17, 15) is 14.5 Å². The van der Waals surface area contributed by atoms with E-state index in [4.69, 9.17) is 14.6 Å². The Balaban J connectivity index is 2.44. The van der Waals surface area contributed by atoms with Gasteiger partial charge in [0.25, 0.3) is 0 Å². The molecule has 0 bridgehead atoms. The van der Waals surface area contributed by atoms with Gasteiger partial charge in [0.1, 0.15) is 17.3 Å². The molecule has 1 N–H and O–H groups in total. The van der Waals surface area contributed by atoms with Gasteiger partial charge in [-0.2, -0.15) is 0 Å². The molecule has 0 saturated carbocycles. The minimum atomic E-state index is -0.647. The van der Waals surface area contributed by atoms with Gasteiger partial charge in [0, 0.05) is 0 Å². The predicted molar refractivity (Wildman–Crippen MR) is 72.0 cm³/mol. The third-order valence-electron chi connectivity index (χ3n) is 2.82. The van der Waals surface area contributed by atoms with E-state index < -0.39 is 17.3 Å². The molecule has 0 spiro atoms. The lowest BCUT2D eigenvalue weighted by Gasteiger charge is -2.11. The number of benzene rings is 2. The standard InChI is InChI=1S/C14H12FNO5/c1-20-9-5-6-14(12(7-9)16(18)19)21-13-4-2-3-11(15)10(13)8-17/h2-7,17H,8H2,1H3. The minimum Gasteiger partial charge on any atom is -0.496 e. The Labute approximate surface area is 119 Å². The Morgan fingerprint density at radius 1 is 1.29 bits per heavy atom. The van der Waals surface area contributed by atoms with Crippen LogP contribution >= 0.6 is 0 Å². The molecule has 0 atom stereocenters. The lowest BCUT2D eigenvalue weighted by atomic mass is 10.2. The zero-order valence-corrected chi connectivity index (χ0v) is 11.1. The van der Waals surface area contributed by atoms with E-state index >= 15 is 0 Å². The smallest absolute Gasteiger partial charge is 0.315 e. The molecule has 2 aromatic carbocycles. The molecule has 21 heavy (non-hydrogen) atoms. The normalized spacial score (nSPS) is 10.2. The molecule has 0 radical (unpaired) electrons. The fourth-order valence-electron chi connectivity index (χ4n) is 1.76. The van der Waals surface area contributed by atoms with E-state index in [-0.39, 0.29) is 22.7 Å². The SMILES string of the molecule is COc1ccc(Oc2cccc(F)c2CO)c([N+](=O)[O-])c1. The predicted octanol–water partition coefficient (Wildman–Crippen LogP) is 3.03. The molecule has 0 aliphatic heterocycles. The highest BCUT2D eigenvalue weighted by molar-refractivity contribution is 5.53. The maximum Gasteiger partial charge on any atom is 0.315 e. The molecule has 0 amide bonds. The van der Waals surface area contributed by atoms with E-state index in [0.29, 0.717) is 5.75 Å². The van der Waals surface area contributed by atoms with Crippen LogP contribution in [-0.4, -0.2) is 17.1 Å². The molecule has 0 heterocycles. The Morgan fingerprint density at radius 2 is 2.05 bits per heavy atom. The van der Waals surface area contributed by atoms with Gasteiger partial charge in [-0.3, -0.25) is 10.1 Å². The van der Waals surface area contributed by atoms with Crippen molar-refractivity contribution in [3.05, 3.63) is 57.9 Å². The van der Waals surface area contributed by atoms with Gasteiger partial charge in [-0.1, -0.05) is 6.07 Å². The third kappa shape index (κ3) is 3.09. The molecule has 0 unspecified atom stereocenters. The zero-order chi connectivity index (χ0) is 15.4. The van der Waals surface area contributed by atoms with E-state index in [0.717, 1.165) is 0 Å². The summed E-state index contributed by atoms with van der Waals surface area (Å²) in [5, 5.41) is 20.2. The summed E-state index contributed by atoms with van der Waals surface area (Å²) in [7, 11) is 1.38. The largest absolute Gasteiger partial charge is 0.496 e. The minimum absolute atomic E-state index is 0.0192. The topological polar surface area (TPSA) is 81.8 Å². The molecule has 0 aromatic heterocycles. The zero-order valence-electron chi connectivity index (χ0n) is 11.1. The molecule has 0 aliphatic rings. The first-order chi connectivity index (χ1) is 10.1. The molecule has 110 valence electrons. The van der Waals surface area contributed by atoms with Gasteiger partial charge in [-0.25, -0.2) is 4.39 Å². The van der Waals surface area contributed by atoms with Gasteiger partial charge in [-0.15, -0.1) is 0 Å². The van der Waals surface area contributed by atoms with Crippen molar-refractivity contribution < 1.29 is 23.9 Å². The second kappa shape index (κ2) is 6.19. The highest BCUT2D eigenvalue weighted by Gasteiger charge is 2.19. The summed E-state index contributed by atoms with van der Waals surface area (Å²) >= 11 is 0. The van der Waals surface area contributed by atoms with Gasteiger partial charge < -0.3 is 14.6 Å². The van der Waals surface area contributed by atoms with Crippen LogP contribution < -0.4 is 9.47 Å². The number of hydrogen-bond acceptors (Lipinski definition) is 5. The fraction of sp³-hybridized carbons (Fsp3) is 0.143. The van der Waals surface area contributed by atoms with Crippen molar-refractivity contribution in [2.24, 2.45) is 0 Å². The van der Waals surface area contributed by atoms with Crippen molar-refractivity contribution in [1.82, 2.24) is 0 Å². The van der Waals surface area contributed by atoms with Crippen molar-refractivity contribution in [3.8, 4) is 17.2 Å². The van der Waals surface area contributed by atoms with Gasteiger partial charge in [0.15, 0.2) is 0 Å². The average Bonchev–Trinajstić information content (AvgIpc) is 2.47. The summed E-state index contributed by atoms with van der Waals surface area (Å²) in [6.07, 6.45) is 0. The maximum absolute atomic E-state index is 13.5. The van der Waals surface area contributed by atoms with E-state index in [1.54, 1.807) is 0 Å². The summed E-state index contributed by atoms with van der Waals surface area (Å²) in [5.74, 6) is -0.395. The van der Waals surface area contributed by atoms with Crippen LogP contribution in [0.2, 0.25) is 0 Å². The third-order valence-corrected chi connectivity index (χ3v) is 2.82. The lowest BCUT2D eigenvalue weighted by Crippen LogP contribution is -1.98. The van der Waals surface area contributed by atoms with Crippen molar-refractivity contribution in [2.45, 2.75) is 6.61 Å². The van der Waals surface area contributed by atoms with Crippen LogP contribution in [0.5, 0.6) is 17.2 Å². The van der Waals surface area contributed by atoms with Gasteiger partial charge in [0.2, 0.25) is 5.75 Å². The molecule has 2 aromatic rings. The van der Waals surface area contributed by atoms with Crippen molar-refractivity contribution in [3.63, 3.8) is 0 Å². The lowest BCUT2D eigenvalue weighted by molar-refractivity contribution is -0.385. The Bertz CT molecular complexity index is 674. The molecule has 0 saturated heterocycles. The number of ether oxygens (including phenoxy) is 2. The van der Waals surface area contributed by atoms with Crippen molar-refractivity contribution >= 4 is 5.69 Å². The first-order valence-corrected chi connectivity index (χ1v) is 5.95. The number of hydrogen-bond donors (Lipinski definition) is 1. The number of aliphatic hydroxyl groups is 1. The van der Waals surface area contributed by atoms with Crippen molar-refractivity contribution in [2.75, 3.05) is 7.11 Å². The molecule has 2 rings (SSSR count). The molecular weight excluding hydrogens is 281 g/mol. The fourth-order valence-corrected chi connectivity index (χ4v) is 1.76. The summed E-state index contributed by atoms with van der Waals surface area (Å²) < 4.78 is 23.8. The van der Waals surface area contributed by atoms with E-state index in [1.165, 1.54) is 43.5 Å². The van der Waals surface area contributed by atoms with Crippen LogP contribution in [0.15, 0.2) is 36.4 Å². The van der Waals surface area contributed by atoms with Crippen molar-refractivity contribution in [1.29, 1.82) is 0 Å². The molecule has 0 fully saturated rings. The second-order valence-electron chi connectivity index (χ2n) is 4.07. The Kier molecular flexibility index (Phi) is 4.34. The summed E-state index contributed by atoms with van der Waals surface area (Å²) in [4.78, 5) is 10.4. The molecule has 7 heteroatoms. The van der Waals surface area contributed by atoms with Crippen LogP contribution in [0.25, 0.3) is 0 Å².